The predicted octanol–water partition coefficient (Wildman–Crippen LogP) is 1.34. The van der Waals surface area contributed by atoms with E-state index in [9.17, 15) is 4.79 Å². The molecule has 3 N–H and O–H groups in total. The van der Waals surface area contributed by atoms with Crippen LogP contribution in [0.25, 0.3) is 0 Å². The van der Waals surface area contributed by atoms with Gasteiger partial charge in [0.05, 0.1) is 5.54 Å². The summed E-state index contributed by atoms with van der Waals surface area (Å²) in [6.07, 6.45) is 3.72. The molecule has 1 fully saturated rings. The molecule has 1 amide bonds. The molecule has 1 aromatic rings. The van der Waals surface area contributed by atoms with Crippen LogP contribution in [0.5, 0.6) is 11.5 Å². The van der Waals surface area contributed by atoms with Crippen molar-refractivity contribution in [3.05, 3.63) is 23.8 Å². The number of amides is 1. The first-order chi connectivity index (χ1) is 9.57. The monoisotopic (exact) mass is 276 g/mol. The highest BCUT2D eigenvalue weighted by molar-refractivity contribution is 5.84. The van der Waals surface area contributed by atoms with Crippen molar-refractivity contribution < 1.29 is 14.3 Å². The van der Waals surface area contributed by atoms with E-state index in [0.29, 0.717) is 12.5 Å². The summed E-state index contributed by atoms with van der Waals surface area (Å²) in [4.78, 5) is 11.7. The van der Waals surface area contributed by atoms with Gasteiger partial charge in [-0.15, -0.1) is 0 Å². The fraction of sp³-hybridized carbons (Fsp3) is 0.533. The Labute approximate surface area is 118 Å². The summed E-state index contributed by atoms with van der Waals surface area (Å²) in [5.41, 5.74) is 6.04. The van der Waals surface area contributed by atoms with Crippen molar-refractivity contribution >= 4 is 5.91 Å². The fourth-order valence-electron chi connectivity index (χ4n) is 2.44. The maximum absolute atomic E-state index is 11.7. The Hall–Kier alpha value is -1.75. The number of benzene rings is 1. The molecule has 0 spiro atoms. The van der Waals surface area contributed by atoms with Gasteiger partial charge in [0, 0.05) is 6.04 Å². The van der Waals surface area contributed by atoms with Gasteiger partial charge < -0.3 is 20.5 Å². The number of carbonyl (C=O) groups excluding carboxylic acids is 1. The molecule has 5 nitrogen and oxygen atoms in total. The van der Waals surface area contributed by atoms with Crippen molar-refractivity contribution in [1.29, 1.82) is 0 Å². The van der Waals surface area contributed by atoms with E-state index in [-0.39, 0.29) is 12.7 Å². The number of primary amides is 1. The van der Waals surface area contributed by atoms with Crippen LogP contribution in [-0.2, 0) is 11.2 Å². The number of carbonyl (C=O) groups is 1. The van der Waals surface area contributed by atoms with E-state index >= 15 is 0 Å². The molecule has 1 aliphatic heterocycles. The van der Waals surface area contributed by atoms with Crippen molar-refractivity contribution in [2.75, 3.05) is 6.79 Å². The summed E-state index contributed by atoms with van der Waals surface area (Å²) in [6, 6.07) is 6.34. The van der Waals surface area contributed by atoms with Gasteiger partial charge in [-0.1, -0.05) is 6.07 Å². The molecular weight excluding hydrogens is 256 g/mol. The molecule has 1 aliphatic carbocycles. The summed E-state index contributed by atoms with van der Waals surface area (Å²) in [5.74, 6) is 1.27. The Morgan fingerprint density at radius 1 is 1.40 bits per heavy atom. The van der Waals surface area contributed by atoms with Crippen LogP contribution in [0.2, 0.25) is 0 Å². The van der Waals surface area contributed by atoms with Crippen molar-refractivity contribution in [3.63, 3.8) is 0 Å². The van der Waals surface area contributed by atoms with Crippen LogP contribution in [-0.4, -0.2) is 24.3 Å². The summed E-state index contributed by atoms with van der Waals surface area (Å²) in [5, 5.41) is 3.36. The topological polar surface area (TPSA) is 73.6 Å². The minimum absolute atomic E-state index is 0.279. The lowest BCUT2D eigenvalue weighted by Crippen LogP contribution is -2.54. The second-order valence-corrected chi connectivity index (χ2v) is 5.80. The number of nitrogens with two attached hydrogens (primary N) is 1. The fourth-order valence-corrected chi connectivity index (χ4v) is 2.44. The molecule has 1 saturated carbocycles. The smallest absolute Gasteiger partial charge is 0.237 e. The van der Waals surface area contributed by atoms with Crippen LogP contribution in [0.4, 0.5) is 0 Å². The minimum Gasteiger partial charge on any atom is -0.454 e. The lowest BCUT2D eigenvalue weighted by molar-refractivity contribution is -0.124. The first kappa shape index (κ1) is 13.2. The first-order valence-corrected chi connectivity index (χ1v) is 7.03. The molecule has 2 aliphatic rings. The quantitative estimate of drug-likeness (QED) is 0.822. The van der Waals surface area contributed by atoms with Crippen molar-refractivity contribution in [2.24, 2.45) is 5.73 Å². The van der Waals surface area contributed by atoms with Crippen LogP contribution in [0.15, 0.2) is 18.2 Å². The molecule has 20 heavy (non-hydrogen) atoms. The van der Waals surface area contributed by atoms with Crippen molar-refractivity contribution in [1.82, 2.24) is 5.32 Å². The maximum Gasteiger partial charge on any atom is 0.237 e. The Bertz CT molecular complexity index is 528. The zero-order valence-electron chi connectivity index (χ0n) is 11.6. The molecule has 3 rings (SSSR count). The summed E-state index contributed by atoms with van der Waals surface area (Å²) in [6.45, 7) is 2.17. The van der Waals surface area contributed by atoms with Gasteiger partial charge in [0.2, 0.25) is 12.7 Å². The van der Waals surface area contributed by atoms with Gasteiger partial charge in [-0.2, -0.15) is 0 Å². The van der Waals surface area contributed by atoms with E-state index in [4.69, 9.17) is 15.2 Å². The highest BCUT2D eigenvalue weighted by Crippen LogP contribution is 2.33. The lowest BCUT2D eigenvalue weighted by atomic mass is 9.92. The first-order valence-electron chi connectivity index (χ1n) is 7.03. The zero-order valence-corrected chi connectivity index (χ0v) is 11.6. The Morgan fingerprint density at radius 3 is 2.85 bits per heavy atom. The number of rotatable bonds is 6. The molecule has 1 atom stereocenters. The highest BCUT2D eigenvalue weighted by Gasteiger charge is 2.36. The highest BCUT2D eigenvalue weighted by atomic mass is 16.7. The molecule has 108 valence electrons. The third-order valence-corrected chi connectivity index (χ3v) is 3.99. The van der Waals surface area contributed by atoms with Gasteiger partial charge in [0.15, 0.2) is 11.5 Å². The van der Waals surface area contributed by atoms with Gasteiger partial charge >= 0.3 is 0 Å². The molecule has 5 heteroatoms. The Balaban J connectivity index is 1.66. The van der Waals surface area contributed by atoms with E-state index < -0.39 is 5.54 Å². The summed E-state index contributed by atoms with van der Waals surface area (Å²) in [7, 11) is 0. The second kappa shape index (κ2) is 4.98. The molecule has 0 bridgehead atoms. The van der Waals surface area contributed by atoms with Crippen molar-refractivity contribution in [3.8, 4) is 11.5 Å². The average molecular weight is 276 g/mol. The van der Waals surface area contributed by atoms with Crippen LogP contribution < -0.4 is 20.5 Å². The number of hydrogen-bond donors (Lipinski definition) is 2. The molecule has 1 aromatic carbocycles. The third kappa shape index (κ3) is 2.72. The summed E-state index contributed by atoms with van der Waals surface area (Å²) >= 11 is 0. The normalized spacial score (nSPS) is 19.6. The van der Waals surface area contributed by atoms with Gasteiger partial charge in [-0.25, -0.2) is 0 Å². The standard InChI is InChI=1S/C15H20N2O3/c1-15(14(16)18,17-11-3-4-11)7-6-10-2-5-12-13(8-10)20-9-19-12/h2,5,8,11,17H,3-4,6-7,9H2,1H3,(H2,16,18). The van der Waals surface area contributed by atoms with Crippen LogP contribution >= 0.6 is 0 Å². The third-order valence-electron chi connectivity index (χ3n) is 3.99. The van der Waals surface area contributed by atoms with Crippen LogP contribution in [0.3, 0.4) is 0 Å². The second-order valence-electron chi connectivity index (χ2n) is 5.80. The summed E-state index contributed by atoms with van der Waals surface area (Å²) < 4.78 is 10.7. The Morgan fingerprint density at radius 2 is 2.15 bits per heavy atom. The zero-order chi connectivity index (χ0) is 14.2. The minimum atomic E-state index is -0.641. The van der Waals surface area contributed by atoms with Gasteiger partial charge in [-0.05, 0) is 50.3 Å². The van der Waals surface area contributed by atoms with E-state index in [1.807, 2.05) is 25.1 Å². The molecular formula is C15H20N2O3. The maximum atomic E-state index is 11.7. The van der Waals surface area contributed by atoms with Gasteiger partial charge in [-0.3, -0.25) is 4.79 Å². The van der Waals surface area contributed by atoms with Gasteiger partial charge in [0.25, 0.3) is 0 Å². The van der Waals surface area contributed by atoms with Crippen LogP contribution in [0.1, 0.15) is 31.7 Å². The molecule has 1 heterocycles. The van der Waals surface area contributed by atoms with Crippen molar-refractivity contribution in [2.45, 2.75) is 44.2 Å². The number of fused-ring (bicyclic) bond motifs is 1. The molecule has 0 saturated heterocycles. The van der Waals surface area contributed by atoms with Crippen LogP contribution in [0, 0.1) is 0 Å². The van der Waals surface area contributed by atoms with E-state index in [2.05, 4.69) is 5.32 Å². The largest absolute Gasteiger partial charge is 0.454 e. The number of nitrogens with one attached hydrogen (secondary N) is 1. The SMILES string of the molecule is CC(CCc1ccc2c(c1)OCO2)(NC1CC1)C(N)=O. The lowest BCUT2D eigenvalue weighted by Gasteiger charge is -2.27. The number of aryl methyl sites for hydroxylation is 1. The Kier molecular flexibility index (Phi) is 3.30. The number of hydrogen-bond acceptors (Lipinski definition) is 4. The number of ether oxygens (including phenoxy) is 2. The van der Waals surface area contributed by atoms with Gasteiger partial charge in [0.1, 0.15) is 0 Å². The van der Waals surface area contributed by atoms with E-state index in [1.54, 1.807) is 0 Å². The van der Waals surface area contributed by atoms with E-state index in [1.165, 1.54) is 0 Å². The molecule has 1 unspecified atom stereocenters. The average Bonchev–Trinajstić information content (AvgIpc) is 3.10. The van der Waals surface area contributed by atoms with E-state index in [0.717, 1.165) is 36.3 Å². The predicted molar refractivity (Wildman–Crippen MR) is 74.6 cm³/mol. The molecule has 0 radical (unpaired) electrons. The molecule has 0 aromatic heterocycles.